The number of rotatable bonds is 3. The standard InChI is InChI=1S/C15H15F2NO3/c1-15(2,3)21-13(19)7-12-8-18-14(20-12)9-4-10(16)6-11(17)5-9/h4-6,8H,7H2,1-3H3. The number of hydrogen-bond donors (Lipinski definition) is 0. The zero-order valence-corrected chi connectivity index (χ0v) is 11.9. The second-order valence-electron chi connectivity index (χ2n) is 5.55. The van der Waals surface area contributed by atoms with Crippen LogP contribution in [0.25, 0.3) is 11.5 Å². The van der Waals surface area contributed by atoms with E-state index in [0.717, 1.165) is 18.2 Å². The lowest BCUT2D eigenvalue weighted by Crippen LogP contribution is -2.24. The number of esters is 1. The van der Waals surface area contributed by atoms with Crippen molar-refractivity contribution in [3.63, 3.8) is 0 Å². The van der Waals surface area contributed by atoms with Gasteiger partial charge in [-0.2, -0.15) is 0 Å². The molecule has 1 aromatic carbocycles. The Morgan fingerprint density at radius 3 is 2.43 bits per heavy atom. The third-order valence-corrected chi connectivity index (χ3v) is 2.40. The highest BCUT2D eigenvalue weighted by molar-refractivity contribution is 5.72. The molecule has 0 unspecified atom stereocenters. The number of benzene rings is 1. The number of halogens is 2. The molecule has 0 spiro atoms. The van der Waals surface area contributed by atoms with Crippen molar-refractivity contribution in [1.29, 1.82) is 0 Å². The van der Waals surface area contributed by atoms with Gasteiger partial charge in [0, 0.05) is 11.6 Å². The van der Waals surface area contributed by atoms with Crippen LogP contribution in [0.3, 0.4) is 0 Å². The van der Waals surface area contributed by atoms with Gasteiger partial charge >= 0.3 is 5.97 Å². The first-order valence-electron chi connectivity index (χ1n) is 6.36. The minimum Gasteiger partial charge on any atom is -0.460 e. The molecule has 0 aliphatic rings. The molecule has 6 heteroatoms. The molecular formula is C15H15F2NO3. The number of oxazole rings is 1. The van der Waals surface area contributed by atoms with Crippen LogP contribution in [0, 0.1) is 11.6 Å². The monoisotopic (exact) mass is 295 g/mol. The van der Waals surface area contributed by atoms with Gasteiger partial charge in [0.1, 0.15) is 29.4 Å². The summed E-state index contributed by atoms with van der Waals surface area (Å²) in [4.78, 5) is 15.6. The molecule has 0 saturated heterocycles. The molecule has 0 atom stereocenters. The summed E-state index contributed by atoms with van der Waals surface area (Å²) in [6, 6.07) is 2.96. The zero-order valence-electron chi connectivity index (χ0n) is 11.9. The van der Waals surface area contributed by atoms with E-state index in [0.29, 0.717) is 0 Å². The largest absolute Gasteiger partial charge is 0.460 e. The predicted molar refractivity (Wildman–Crippen MR) is 71.4 cm³/mol. The van der Waals surface area contributed by atoms with Gasteiger partial charge in [0.2, 0.25) is 5.89 Å². The van der Waals surface area contributed by atoms with E-state index in [1.807, 2.05) is 0 Å². The van der Waals surface area contributed by atoms with Crippen molar-refractivity contribution in [3.05, 3.63) is 41.8 Å². The minimum absolute atomic E-state index is 0.0481. The highest BCUT2D eigenvalue weighted by Gasteiger charge is 2.18. The topological polar surface area (TPSA) is 52.3 Å². The van der Waals surface area contributed by atoms with Gasteiger partial charge in [-0.05, 0) is 32.9 Å². The molecular weight excluding hydrogens is 280 g/mol. The van der Waals surface area contributed by atoms with Gasteiger partial charge in [0.05, 0.1) is 6.20 Å². The maximum Gasteiger partial charge on any atom is 0.314 e. The summed E-state index contributed by atoms with van der Waals surface area (Å²) < 4.78 is 36.7. The van der Waals surface area contributed by atoms with E-state index in [4.69, 9.17) is 9.15 Å². The number of carbonyl (C=O) groups is 1. The van der Waals surface area contributed by atoms with Gasteiger partial charge in [-0.1, -0.05) is 0 Å². The third kappa shape index (κ3) is 4.37. The SMILES string of the molecule is CC(C)(C)OC(=O)Cc1cnc(-c2cc(F)cc(F)c2)o1. The third-order valence-electron chi connectivity index (χ3n) is 2.40. The van der Waals surface area contributed by atoms with Crippen molar-refractivity contribution < 1.29 is 22.7 Å². The van der Waals surface area contributed by atoms with E-state index < -0.39 is 23.2 Å². The fraction of sp³-hybridized carbons (Fsp3) is 0.333. The molecule has 0 N–H and O–H groups in total. The average Bonchev–Trinajstić information content (AvgIpc) is 2.73. The number of aromatic nitrogens is 1. The fourth-order valence-electron chi connectivity index (χ4n) is 1.72. The van der Waals surface area contributed by atoms with E-state index in [1.54, 1.807) is 20.8 Å². The Morgan fingerprint density at radius 1 is 1.24 bits per heavy atom. The first kappa shape index (κ1) is 15.2. The Kier molecular flexibility index (Phi) is 4.06. The molecule has 0 radical (unpaired) electrons. The van der Waals surface area contributed by atoms with Crippen molar-refractivity contribution in [1.82, 2.24) is 4.98 Å². The van der Waals surface area contributed by atoms with Gasteiger partial charge in [-0.15, -0.1) is 0 Å². The molecule has 4 nitrogen and oxygen atoms in total. The number of carbonyl (C=O) groups excluding carboxylic acids is 1. The van der Waals surface area contributed by atoms with Gasteiger partial charge in [0.15, 0.2) is 0 Å². The maximum absolute atomic E-state index is 13.1. The van der Waals surface area contributed by atoms with E-state index in [-0.39, 0.29) is 23.6 Å². The second kappa shape index (κ2) is 5.63. The molecule has 0 saturated carbocycles. The first-order chi connectivity index (χ1) is 9.73. The Balaban J connectivity index is 2.13. The normalized spacial score (nSPS) is 11.5. The van der Waals surface area contributed by atoms with Gasteiger partial charge < -0.3 is 9.15 Å². The summed E-state index contributed by atoms with van der Waals surface area (Å²) >= 11 is 0. The van der Waals surface area contributed by atoms with Crippen molar-refractivity contribution in [2.45, 2.75) is 32.8 Å². The van der Waals surface area contributed by atoms with Gasteiger partial charge in [-0.25, -0.2) is 13.8 Å². The first-order valence-corrected chi connectivity index (χ1v) is 6.36. The molecule has 0 aliphatic heterocycles. The fourth-order valence-corrected chi connectivity index (χ4v) is 1.72. The van der Waals surface area contributed by atoms with E-state index in [2.05, 4.69) is 4.98 Å². The van der Waals surface area contributed by atoms with Crippen molar-refractivity contribution in [2.24, 2.45) is 0 Å². The van der Waals surface area contributed by atoms with Crippen LogP contribution in [0.1, 0.15) is 26.5 Å². The quantitative estimate of drug-likeness (QED) is 0.813. The van der Waals surface area contributed by atoms with Crippen LogP contribution in [-0.2, 0) is 16.0 Å². The Hall–Kier alpha value is -2.24. The number of ether oxygens (including phenoxy) is 1. The molecule has 1 heterocycles. The molecule has 1 aromatic heterocycles. The Morgan fingerprint density at radius 2 is 1.86 bits per heavy atom. The van der Waals surface area contributed by atoms with Crippen LogP contribution in [-0.4, -0.2) is 16.6 Å². The van der Waals surface area contributed by atoms with Crippen LogP contribution < -0.4 is 0 Å². The number of nitrogens with zero attached hydrogens (tertiary/aromatic N) is 1. The average molecular weight is 295 g/mol. The van der Waals surface area contributed by atoms with Crippen LogP contribution in [0.15, 0.2) is 28.8 Å². The lowest BCUT2D eigenvalue weighted by atomic mass is 10.2. The molecule has 0 fully saturated rings. The van der Waals surface area contributed by atoms with Crippen LogP contribution in [0.4, 0.5) is 8.78 Å². The summed E-state index contributed by atoms with van der Waals surface area (Å²) in [5, 5.41) is 0. The lowest BCUT2D eigenvalue weighted by Gasteiger charge is -2.18. The van der Waals surface area contributed by atoms with Crippen LogP contribution in [0.2, 0.25) is 0 Å². The zero-order chi connectivity index (χ0) is 15.6. The van der Waals surface area contributed by atoms with Gasteiger partial charge in [0.25, 0.3) is 0 Å². The van der Waals surface area contributed by atoms with Crippen molar-refractivity contribution in [3.8, 4) is 11.5 Å². The number of hydrogen-bond acceptors (Lipinski definition) is 4. The summed E-state index contributed by atoms with van der Waals surface area (Å²) in [5.41, 5.74) is -0.422. The molecule has 21 heavy (non-hydrogen) atoms. The molecule has 0 amide bonds. The molecule has 0 bridgehead atoms. The van der Waals surface area contributed by atoms with E-state index in [9.17, 15) is 13.6 Å². The molecule has 0 aliphatic carbocycles. The summed E-state index contributed by atoms with van der Waals surface area (Å²) in [6.45, 7) is 5.27. The van der Waals surface area contributed by atoms with Crippen LogP contribution >= 0.6 is 0 Å². The molecule has 2 aromatic rings. The predicted octanol–water partition coefficient (Wildman–Crippen LogP) is 3.50. The maximum atomic E-state index is 13.1. The van der Waals surface area contributed by atoms with Crippen LogP contribution in [0.5, 0.6) is 0 Å². The minimum atomic E-state index is -0.725. The van der Waals surface area contributed by atoms with E-state index >= 15 is 0 Å². The van der Waals surface area contributed by atoms with Crippen molar-refractivity contribution >= 4 is 5.97 Å². The van der Waals surface area contributed by atoms with Crippen molar-refractivity contribution in [2.75, 3.05) is 0 Å². The van der Waals surface area contributed by atoms with E-state index in [1.165, 1.54) is 6.20 Å². The summed E-state index contributed by atoms with van der Waals surface area (Å²) in [7, 11) is 0. The smallest absolute Gasteiger partial charge is 0.314 e. The summed E-state index contributed by atoms with van der Waals surface area (Å²) in [5.74, 6) is -1.60. The lowest BCUT2D eigenvalue weighted by molar-refractivity contribution is -0.154. The second-order valence-corrected chi connectivity index (χ2v) is 5.55. The molecule has 2 rings (SSSR count). The Labute approximate surface area is 120 Å². The highest BCUT2D eigenvalue weighted by Crippen LogP contribution is 2.22. The summed E-state index contributed by atoms with van der Waals surface area (Å²) in [6.07, 6.45) is 1.24. The van der Waals surface area contributed by atoms with Gasteiger partial charge in [-0.3, -0.25) is 4.79 Å². The highest BCUT2D eigenvalue weighted by atomic mass is 19.1. The molecule has 112 valence electrons. The Bertz CT molecular complexity index is 639.